The van der Waals surface area contributed by atoms with E-state index in [1.807, 2.05) is 56.3 Å². The van der Waals surface area contributed by atoms with Gasteiger partial charge in [0.1, 0.15) is 17.5 Å². The Kier molecular flexibility index (Phi) is 8.49. The average Bonchev–Trinajstić information content (AvgIpc) is 2.89. The van der Waals surface area contributed by atoms with Crippen LogP contribution in [0.15, 0.2) is 73.4 Å². The van der Waals surface area contributed by atoms with Crippen LogP contribution >= 0.6 is 43.5 Å². The molecule has 0 amide bonds. The van der Waals surface area contributed by atoms with Crippen LogP contribution in [0.25, 0.3) is 10.9 Å². The molecule has 0 fully saturated rings. The quantitative estimate of drug-likeness (QED) is 0.188. The third kappa shape index (κ3) is 5.51. The van der Waals surface area contributed by atoms with Crippen LogP contribution in [0.5, 0.6) is 11.5 Å². The second-order valence-electron chi connectivity index (χ2n) is 8.20. The SMILES string of the molecule is CC[C@@H](C)c1nc2ccc(Br)cc2c(=O)n1N=Cc1cc(OC)c(OCc2ccccc2)c(Cl)c1Br. The van der Waals surface area contributed by atoms with Crippen molar-refractivity contribution >= 4 is 60.6 Å². The Labute approximate surface area is 231 Å². The number of aromatic nitrogens is 2. The molecular formula is C27H24Br2ClN3O3. The number of ether oxygens (including phenoxy) is 2. The molecule has 36 heavy (non-hydrogen) atoms. The molecule has 1 atom stereocenters. The molecule has 1 heterocycles. The van der Waals surface area contributed by atoms with Gasteiger partial charge < -0.3 is 9.47 Å². The van der Waals surface area contributed by atoms with Gasteiger partial charge in [-0.3, -0.25) is 4.79 Å². The van der Waals surface area contributed by atoms with E-state index in [0.29, 0.717) is 49.9 Å². The molecule has 186 valence electrons. The summed E-state index contributed by atoms with van der Waals surface area (Å²) >= 11 is 13.7. The van der Waals surface area contributed by atoms with Gasteiger partial charge >= 0.3 is 0 Å². The lowest BCUT2D eigenvalue weighted by atomic mass is 10.1. The van der Waals surface area contributed by atoms with Crippen molar-refractivity contribution in [2.24, 2.45) is 5.10 Å². The number of hydrogen-bond acceptors (Lipinski definition) is 5. The predicted molar refractivity (Wildman–Crippen MR) is 152 cm³/mol. The van der Waals surface area contributed by atoms with Crippen LogP contribution in [0, 0.1) is 0 Å². The van der Waals surface area contributed by atoms with Crippen molar-refractivity contribution in [2.75, 3.05) is 7.11 Å². The van der Waals surface area contributed by atoms with Crippen LogP contribution < -0.4 is 15.0 Å². The number of benzene rings is 3. The van der Waals surface area contributed by atoms with Crippen molar-refractivity contribution in [3.05, 3.63) is 95.9 Å². The fraction of sp³-hybridized carbons (Fsp3) is 0.222. The normalized spacial score (nSPS) is 12.3. The molecule has 0 unspecified atom stereocenters. The largest absolute Gasteiger partial charge is 0.493 e. The van der Waals surface area contributed by atoms with Gasteiger partial charge in [0.2, 0.25) is 0 Å². The van der Waals surface area contributed by atoms with E-state index in [9.17, 15) is 4.79 Å². The lowest BCUT2D eigenvalue weighted by molar-refractivity contribution is 0.284. The summed E-state index contributed by atoms with van der Waals surface area (Å²) in [7, 11) is 1.55. The Hall–Kier alpha value is -2.68. The first-order chi connectivity index (χ1) is 17.3. The van der Waals surface area contributed by atoms with Crippen molar-refractivity contribution in [2.45, 2.75) is 32.8 Å². The summed E-state index contributed by atoms with van der Waals surface area (Å²) in [6, 6.07) is 17.0. The van der Waals surface area contributed by atoms with Gasteiger partial charge in [-0.2, -0.15) is 9.78 Å². The highest BCUT2D eigenvalue weighted by Crippen LogP contribution is 2.42. The molecule has 0 aliphatic rings. The fourth-order valence-corrected chi connectivity index (χ4v) is 4.63. The average molecular weight is 634 g/mol. The minimum atomic E-state index is -0.246. The van der Waals surface area contributed by atoms with Crippen molar-refractivity contribution in [1.29, 1.82) is 0 Å². The van der Waals surface area contributed by atoms with Crippen LogP contribution in [0.3, 0.4) is 0 Å². The van der Waals surface area contributed by atoms with Crippen molar-refractivity contribution in [3.63, 3.8) is 0 Å². The van der Waals surface area contributed by atoms with Crippen LogP contribution in [0.2, 0.25) is 5.02 Å². The molecular weight excluding hydrogens is 610 g/mol. The van der Waals surface area contributed by atoms with Crippen molar-refractivity contribution < 1.29 is 9.47 Å². The van der Waals surface area contributed by atoms with Crippen LogP contribution in [-0.2, 0) is 6.61 Å². The second-order valence-corrected chi connectivity index (χ2v) is 10.3. The number of rotatable bonds is 8. The molecule has 0 aliphatic heterocycles. The zero-order chi connectivity index (χ0) is 25.8. The van der Waals surface area contributed by atoms with Gasteiger partial charge in [0.25, 0.3) is 5.56 Å². The summed E-state index contributed by atoms with van der Waals surface area (Å²) < 4.78 is 14.3. The van der Waals surface area contributed by atoms with Gasteiger partial charge in [-0.25, -0.2) is 4.98 Å². The summed E-state index contributed by atoms with van der Waals surface area (Å²) in [4.78, 5) is 18.1. The molecule has 9 heteroatoms. The first kappa shape index (κ1) is 26.4. The van der Waals surface area contributed by atoms with E-state index in [1.54, 1.807) is 25.5 Å². The van der Waals surface area contributed by atoms with Gasteiger partial charge in [-0.1, -0.05) is 71.7 Å². The molecule has 4 aromatic rings. The molecule has 0 radical (unpaired) electrons. The molecule has 0 spiro atoms. The third-order valence-corrected chi connectivity index (χ3v) is 7.74. The summed E-state index contributed by atoms with van der Waals surface area (Å²) in [5.74, 6) is 1.49. The lowest BCUT2D eigenvalue weighted by Gasteiger charge is -2.16. The third-order valence-electron chi connectivity index (χ3n) is 5.80. The molecule has 0 saturated heterocycles. The Balaban J connectivity index is 1.76. The number of hydrogen-bond donors (Lipinski definition) is 0. The molecule has 0 saturated carbocycles. The monoisotopic (exact) mass is 631 g/mol. The van der Waals surface area contributed by atoms with E-state index in [2.05, 4.69) is 37.0 Å². The Morgan fingerprint density at radius 2 is 1.92 bits per heavy atom. The molecule has 3 aromatic carbocycles. The van der Waals surface area contributed by atoms with E-state index in [1.165, 1.54) is 4.68 Å². The maximum atomic E-state index is 13.4. The summed E-state index contributed by atoms with van der Waals surface area (Å²) in [6.07, 6.45) is 2.37. The van der Waals surface area contributed by atoms with Gasteiger partial charge in [-0.05, 0) is 52.2 Å². The predicted octanol–water partition coefficient (Wildman–Crippen LogP) is 7.56. The van der Waals surface area contributed by atoms with E-state index in [-0.39, 0.29) is 11.5 Å². The first-order valence-corrected chi connectivity index (χ1v) is 13.3. The van der Waals surface area contributed by atoms with Crippen LogP contribution in [-0.4, -0.2) is 23.0 Å². The first-order valence-electron chi connectivity index (χ1n) is 11.3. The summed E-state index contributed by atoms with van der Waals surface area (Å²) in [5.41, 5.74) is 2.02. The number of halogens is 3. The molecule has 4 rings (SSSR count). The topological polar surface area (TPSA) is 65.7 Å². The van der Waals surface area contributed by atoms with Gasteiger partial charge in [0, 0.05) is 20.4 Å². The highest BCUT2D eigenvalue weighted by Gasteiger charge is 2.19. The molecule has 1 aromatic heterocycles. The Morgan fingerprint density at radius 1 is 1.17 bits per heavy atom. The minimum Gasteiger partial charge on any atom is -0.493 e. The standard InChI is InChI=1S/C27H24Br2ClN3O3/c1-4-16(2)26-32-21-11-10-19(28)13-20(21)27(34)33(26)31-14-18-12-22(35-3)25(24(30)23(18)29)36-15-17-8-6-5-7-9-17/h5-14,16H,4,15H2,1-3H3/t16-/m1/s1. The molecule has 0 N–H and O–H groups in total. The van der Waals surface area contributed by atoms with Gasteiger partial charge in [0.15, 0.2) is 11.5 Å². The zero-order valence-electron chi connectivity index (χ0n) is 20.0. The smallest absolute Gasteiger partial charge is 0.282 e. The second kappa shape index (κ2) is 11.6. The van der Waals surface area contributed by atoms with Crippen LogP contribution in [0.4, 0.5) is 0 Å². The van der Waals surface area contributed by atoms with Crippen LogP contribution in [0.1, 0.15) is 43.1 Å². The van der Waals surface area contributed by atoms with E-state index in [0.717, 1.165) is 16.5 Å². The van der Waals surface area contributed by atoms with E-state index >= 15 is 0 Å². The highest BCUT2D eigenvalue weighted by atomic mass is 79.9. The molecule has 6 nitrogen and oxygen atoms in total. The number of fused-ring (bicyclic) bond motifs is 1. The Bertz CT molecular complexity index is 1490. The number of nitrogens with zero attached hydrogens (tertiary/aromatic N) is 3. The van der Waals surface area contributed by atoms with E-state index in [4.69, 9.17) is 26.1 Å². The maximum Gasteiger partial charge on any atom is 0.282 e. The minimum absolute atomic E-state index is 0.0261. The van der Waals surface area contributed by atoms with Gasteiger partial charge in [-0.15, -0.1) is 0 Å². The van der Waals surface area contributed by atoms with E-state index < -0.39 is 0 Å². The Morgan fingerprint density at radius 3 is 2.61 bits per heavy atom. The summed E-state index contributed by atoms with van der Waals surface area (Å²) in [5, 5.41) is 5.37. The van der Waals surface area contributed by atoms with Gasteiger partial charge in [0.05, 0.1) is 24.2 Å². The highest BCUT2D eigenvalue weighted by molar-refractivity contribution is 9.10. The zero-order valence-corrected chi connectivity index (χ0v) is 23.9. The lowest BCUT2D eigenvalue weighted by Crippen LogP contribution is -2.23. The van der Waals surface area contributed by atoms with Crippen molar-refractivity contribution in [3.8, 4) is 11.5 Å². The molecule has 0 bridgehead atoms. The fourth-order valence-electron chi connectivity index (χ4n) is 3.61. The molecule has 0 aliphatic carbocycles. The van der Waals surface area contributed by atoms with Crippen molar-refractivity contribution in [1.82, 2.24) is 9.66 Å². The maximum absolute atomic E-state index is 13.4. The summed E-state index contributed by atoms with van der Waals surface area (Å²) in [6.45, 7) is 4.40. The number of methoxy groups -OCH3 is 1.